The molecule has 0 saturated carbocycles. The molecule has 0 rings (SSSR count). The van der Waals surface area contributed by atoms with E-state index in [9.17, 15) is 57.5 Å². The molecular weight excluding hydrogens is 2020 g/mol. The number of thioether (sulfide) groups is 6. The molecule has 149 heavy (non-hydrogen) atoms. The minimum Gasteiger partial charge on any atom is -0.462 e. The van der Waals surface area contributed by atoms with E-state index in [1.807, 2.05) is 51.6 Å². The van der Waals surface area contributed by atoms with Gasteiger partial charge >= 0.3 is 71.6 Å². The summed E-state index contributed by atoms with van der Waals surface area (Å²) in [7, 11) is 3.88. The molecule has 29 nitrogen and oxygen atoms in total. The van der Waals surface area contributed by atoms with E-state index in [0.717, 1.165) is 68.3 Å². The third-order valence-corrected chi connectivity index (χ3v) is 33.5. The van der Waals surface area contributed by atoms with Gasteiger partial charge in [-0.15, -0.1) is 0 Å². The van der Waals surface area contributed by atoms with Crippen molar-refractivity contribution in [1.29, 1.82) is 0 Å². The Hall–Kier alpha value is -4.46. The predicted octanol–water partition coefficient (Wildman–Crippen LogP) is 22.5. The van der Waals surface area contributed by atoms with Crippen molar-refractivity contribution in [2.24, 2.45) is 35.5 Å². The standard InChI is InChI=1S/C114H211N5O24S6/c1-14-19-23-27-31-35-39-43-47-51-85-144-91-97(6)109(126)138-81-75-134-105(122)57-63-118(64-58-106(123)135-76-82-139-110(127)98(7)92-145-86-52-48-44-40-36-32-28-24-20-15-2)71-89-148-95-101(10)113(130)142-79-73-132-103(120)55-61-115(12)67-69-117(18-5)70-68-116(13)62-56-104(121)133-74-80-143-114(131)102(11)96-149-90-72-119(65-59-107(124)136-77-83-140-111(128)99(8)93-146-87-53-49-45-41-37-33-29-25-21-16-3)66-60-108(125)137-78-84-141-112(129)100(9)94-147-88-54-50-46-42-38-34-30-26-22-17-4/h97-102H,14-96H2,1-13H3. The molecule has 0 aliphatic carbocycles. The monoisotopic (exact) mass is 2230 g/mol. The van der Waals surface area contributed by atoms with E-state index in [4.69, 9.17) is 56.8 Å². The lowest BCUT2D eigenvalue weighted by atomic mass is 10.1. The van der Waals surface area contributed by atoms with Gasteiger partial charge in [-0.3, -0.25) is 57.5 Å². The van der Waals surface area contributed by atoms with E-state index < -0.39 is 59.6 Å². The minimum atomic E-state index is -0.476. The Morgan fingerprint density at radius 3 is 0.523 bits per heavy atom. The zero-order valence-corrected chi connectivity index (χ0v) is 101. The molecule has 6 atom stereocenters. The molecule has 0 heterocycles. The largest absolute Gasteiger partial charge is 0.462 e. The molecule has 0 N–H and O–H groups in total. The van der Waals surface area contributed by atoms with Crippen LogP contribution in [0.4, 0.5) is 0 Å². The Kier molecular flexibility index (Phi) is 103. The maximum absolute atomic E-state index is 13.1. The van der Waals surface area contributed by atoms with E-state index in [0.29, 0.717) is 85.3 Å². The first-order chi connectivity index (χ1) is 72.2. The lowest BCUT2D eigenvalue weighted by Gasteiger charge is -2.26. The molecular formula is C114H211N5O24S6. The molecule has 0 amide bonds. The van der Waals surface area contributed by atoms with Crippen molar-refractivity contribution in [2.75, 3.05) is 247 Å². The summed E-state index contributed by atoms with van der Waals surface area (Å²) in [5.74, 6) is 1.80. The number of hydrogen-bond donors (Lipinski definition) is 0. The molecule has 0 aliphatic heterocycles. The van der Waals surface area contributed by atoms with E-state index in [2.05, 4.69) is 49.3 Å². The lowest BCUT2D eigenvalue weighted by Crippen LogP contribution is -2.38. The number of carbonyl (C=O) groups excluding carboxylic acids is 12. The first-order valence-electron chi connectivity index (χ1n) is 58.1. The summed E-state index contributed by atoms with van der Waals surface area (Å²) in [5.41, 5.74) is 0. The summed E-state index contributed by atoms with van der Waals surface area (Å²) in [4.78, 5) is 165. The molecule has 872 valence electrons. The van der Waals surface area contributed by atoms with Gasteiger partial charge in [-0.1, -0.05) is 307 Å². The van der Waals surface area contributed by atoms with Crippen LogP contribution in [-0.4, -0.2) is 344 Å². The molecule has 0 radical (unpaired) electrons. The summed E-state index contributed by atoms with van der Waals surface area (Å²) in [5, 5.41) is 0. The number of likely N-dealkylation sites (N-methyl/N-ethyl adjacent to an activating group) is 3. The molecule has 0 saturated heterocycles. The van der Waals surface area contributed by atoms with Crippen molar-refractivity contribution in [1.82, 2.24) is 24.5 Å². The zero-order chi connectivity index (χ0) is 110. The fraction of sp³-hybridized carbons (Fsp3) is 0.895. The van der Waals surface area contributed by atoms with Crippen LogP contribution < -0.4 is 0 Å². The smallest absolute Gasteiger partial charge is 0.309 e. The Labute approximate surface area is 929 Å². The van der Waals surface area contributed by atoms with Gasteiger partial charge in [0.2, 0.25) is 0 Å². The van der Waals surface area contributed by atoms with Crippen molar-refractivity contribution in [3.63, 3.8) is 0 Å². The summed E-state index contributed by atoms with van der Waals surface area (Å²) >= 11 is 10.1. The highest BCUT2D eigenvalue weighted by Gasteiger charge is 2.25. The van der Waals surface area contributed by atoms with E-state index in [1.54, 1.807) is 60.9 Å². The van der Waals surface area contributed by atoms with Gasteiger partial charge in [-0.25, -0.2) is 0 Å². The van der Waals surface area contributed by atoms with Crippen LogP contribution in [0.1, 0.15) is 372 Å². The van der Waals surface area contributed by atoms with Crippen LogP contribution in [-0.2, 0) is 114 Å². The number of esters is 12. The van der Waals surface area contributed by atoms with Crippen LogP contribution in [0.5, 0.6) is 0 Å². The molecule has 0 spiro atoms. The average Bonchev–Trinajstić information content (AvgIpc) is 0.951. The van der Waals surface area contributed by atoms with Gasteiger partial charge in [-0.05, 0) is 69.3 Å². The minimum absolute atomic E-state index is 0.0241. The van der Waals surface area contributed by atoms with Gasteiger partial charge in [0, 0.05) is 125 Å². The number of unbranched alkanes of at least 4 members (excludes halogenated alkanes) is 36. The molecule has 0 aromatic heterocycles. The van der Waals surface area contributed by atoms with Gasteiger partial charge in [0.1, 0.15) is 79.3 Å². The van der Waals surface area contributed by atoms with Crippen molar-refractivity contribution >= 4 is 142 Å². The van der Waals surface area contributed by atoms with Crippen molar-refractivity contribution in [3.8, 4) is 0 Å². The predicted molar refractivity (Wildman–Crippen MR) is 616 cm³/mol. The van der Waals surface area contributed by atoms with Crippen molar-refractivity contribution in [2.45, 2.75) is 372 Å². The van der Waals surface area contributed by atoms with Gasteiger partial charge < -0.3 is 81.3 Å². The maximum Gasteiger partial charge on any atom is 0.309 e. The van der Waals surface area contributed by atoms with E-state index in [1.165, 1.54) is 255 Å². The highest BCUT2D eigenvalue weighted by Crippen LogP contribution is 2.23. The highest BCUT2D eigenvalue weighted by atomic mass is 32.2. The third-order valence-electron chi connectivity index (χ3n) is 25.8. The van der Waals surface area contributed by atoms with Crippen LogP contribution in [0.3, 0.4) is 0 Å². The first kappa shape index (κ1) is 145. The summed E-state index contributed by atoms with van der Waals surface area (Å²) in [6.07, 6.45) is 51.6. The Morgan fingerprint density at radius 2 is 0.342 bits per heavy atom. The second-order valence-corrected chi connectivity index (χ2v) is 47.0. The van der Waals surface area contributed by atoms with Gasteiger partial charge in [-0.2, -0.15) is 70.6 Å². The number of rotatable bonds is 111. The number of hydrogen-bond acceptors (Lipinski definition) is 35. The lowest BCUT2D eigenvalue weighted by molar-refractivity contribution is -0.154. The second-order valence-electron chi connectivity index (χ2n) is 40.1. The quantitative estimate of drug-likeness (QED) is 0.0310. The molecule has 35 heteroatoms. The van der Waals surface area contributed by atoms with Crippen LogP contribution in [0, 0.1) is 35.5 Å². The highest BCUT2D eigenvalue weighted by molar-refractivity contribution is 8.00. The molecule has 0 bridgehead atoms. The number of nitrogens with zero attached hydrogens (tertiary/aromatic N) is 5. The Bertz CT molecular complexity index is 2930. The molecule has 0 aromatic carbocycles. The van der Waals surface area contributed by atoms with Crippen LogP contribution >= 0.6 is 70.6 Å². The molecule has 0 aliphatic rings. The SMILES string of the molecule is CCCCCCCCCCCCSCC(C)C(=O)OCCOC(=O)CCN(CCSCC(C)C(=O)OCCOC(=O)CCN(C)CCN(CC)CCN(C)CCC(=O)OCCOC(=O)C(C)CSCCN(CCC(=O)OCCOC(=O)C(C)CSCCCCCCCCCCCC)CCC(=O)OCCOC(=O)C(C)CSCCCCCCCCCCCC)CCC(=O)OCCOC(=O)C(C)CSCCCCCCCCCCCC. The number of carbonyl (C=O) groups is 12. The van der Waals surface area contributed by atoms with Crippen molar-refractivity contribution in [3.05, 3.63) is 0 Å². The third kappa shape index (κ3) is 95.5. The molecule has 0 aromatic rings. The molecule has 0 fully saturated rings. The number of ether oxygens (including phenoxy) is 12. The van der Waals surface area contributed by atoms with Crippen molar-refractivity contribution < 1.29 is 114 Å². The summed E-state index contributed by atoms with van der Waals surface area (Å²) < 4.78 is 65.4. The fourth-order valence-corrected chi connectivity index (χ4v) is 22.0. The Balaban J connectivity index is 5.04. The average molecular weight is 2230 g/mol. The topological polar surface area (TPSA) is 332 Å². The van der Waals surface area contributed by atoms with E-state index >= 15 is 0 Å². The summed E-state index contributed by atoms with van der Waals surface area (Å²) in [6, 6.07) is 0. The van der Waals surface area contributed by atoms with E-state index in [-0.39, 0.29) is 192 Å². The molecule has 6 unspecified atom stereocenters. The van der Waals surface area contributed by atoms with Gasteiger partial charge in [0.25, 0.3) is 0 Å². The van der Waals surface area contributed by atoms with Crippen LogP contribution in [0.15, 0.2) is 0 Å². The van der Waals surface area contributed by atoms with Crippen LogP contribution in [0.25, 0.3) is 0 Å². The fourth-order valence-electron chi connectivity index (χ4n) is 15.7. The maximum atomic E-state index is 13.1. The van der Waals surface area contributed by atoms with Crippen LogP contribution in [0.2, 0.25) is 0 Å². The normalized spacial score (nSPS) is 12.8. The second kappa shape index (κ2) is 106. The summed E-state index contributed by atoms with van der Waals surface area (Å²) in [6.45, 7) is 27.8. The van der Waals surface area contributed by atoms with Gasteiger partial charge in [0.15, 0.2) is 0 Å². The van der Waals surface area contributed by atoms with Gasteiger partial charge in [0.05, 0.1) is 74.0 Å². The zero-order valence-electron chi connectivity index (χ0n) is 95.6. The Morgan fingerprint density at radius 1 is 0.181 bits per heavy atom. The first-order valence-corrected chi connectivity index (χ1v) is 65.1.